The van der Waals surface area contributed by atoms with E-state index in [1.807, 2.05) is 29.3 Å². The van der Waals surface area contributed by atoms with E-state index in [2.05, 4.69) is 62.7 Å². The molecule has 7 nitrogen and oxygen atoms in total. The maximum absolute atomic E-state index is 6.20. The van der Waals surface area contributed by atoms with Gasteiger partial charge in [0.1, 0.15) is 5.75 Å². The summed E-state index contributed by atoms with van der Waals surface area (Å²) in [5, 5.41) is 8.03. The SMILES string of the molecule is CN1CCN(c2ccc(-n3cc(-c4ccncc4OCC4CCNCC4)cn3)cc2)CC1.Cl. The molecule has 0 unspecified atom stereocenters. The highest BCUT2D eigenvalue weighted by atomic mass is 35.5. The number of nitrogens with zero attached hydrogens (tertiary/aromatic N) is 5. The molecule has 2 aliphatic rings. The maximum Gasteiger partial charge on any atom is 0.145 e. The second kappa shape index (κ2) is 11.0. The lowest BCUT2D eigenvalue weighted by Gasteiger charge is -2.34. The minimum Gasteiger partial charge on any atom is -0.491 e. The number of anilines is 1. The summed E-state index contributed by atoms with van der Waals surface area (Å²) in [5.41, 5.74) is 4.41. The predicted molar refractivity (Wildman–Crippen MR) is 135 cm³/mol. The Kier molecular flexibility index (Phi) is 7.85. The van der Waals surface area contributed by atoms with Gasteiger partial charge >= 0.3 is 0 Å². The molecule has 1 N–H and O–H groups in total. The third-order valence-electron chi connectivity index (χ3n) is 6.59. The summed E-state index contributed by atoms with van der Waals surface area (Å²) in [5.74, 6) is 1.43. The van der Waals surface area contributed by atoms with Gasteiger partial charge in [0.15, 0.2) is 0 Å². The summed E-state index contributed by atoms with van der Waals surface area (Å²) in [6.45, 7) is 7.26. The number of ether oxygens (including phenoxy) is 1. The Bertz CT molecular complexity index is 1010. The summed E-state index contributed by atoms with van der Waals surface area (Å²) < 4.78 is 8.13. The number of benzene rings is 1. The molecule has 0 amide bonds. The number of halogens is 1. The van der Waals surface area contributed by atoms with E-state index < -0.39 is 0 Å². The third-order valence-corrected chi connectivity index (χ3v) is 6.59. The first-order chi connectivity index (χ1) is 15.8. The van der Waals surface area contributed by atoms with Crippen molar-refractivity contribution in [3.63, 3.8) is 0 Å². The molecule has 8 heteroatoms. The highest BCUT2D eigenvalue weighted by Gasteiger charge is 2.17. The number of hydrogen-bond donors (Lipinski definition) is 1. The number of piperazine rings is 1. The lowest BCUT2D eigenvalue weighted by atomic mass is 9.99. The van der Waals surface area contributed by atoms with Crippen LogP contribution in [-0.4, -0.2) is 72.6 Å². The fourth-order valence-electron chi connectivity index (χ4n) is 4.47. The quantitative estimate of drug-likeness (QED) is 0.597. The van der Waals surface area contributed by atoms with Crippen molar-refractivity contribution in [2.24, 2.45) is 5.92 Å². The zero-order valence-corrected chi connectivity index (χ0v) is 20.0. The number of aromatic nitrogens is 3. The van der Waals surface area contributed by atoms with Gasteiger partial charge in [-0.1, -0.05) is 0 Å². The second-order valence-electron chi connectivity index (χ2n) is 8.86. The van der Waals surface area contributed by atoms with Crippen LogP contribution in [-0.2, 0) is 0 Å². The van der Waals surface area contributed by atoms with Crippen molar-refractivity contribution in [2.75, 3.05) is 57.8 Å². The molecule has 0 saturated carbocycles. The Morgan fingerprint density at radius 1 is 0.970 bits per heavy atom. The van der Waals surface area contributed by atoms with Crippen LogP contribution < -0.4 is 15.0 Å². The lowest BCUT2D eigenvalue weighted by molar-refractivity contribution is 0.215. The van der Waals surface area contributed by atoms with Crippen molar-refractivity contribution in [3.05, 3.63) is 55.1 Å². The standard InChI is InChI=1S/C25H32N6O.ClH/c1-29-12-14-30(15-13-29)22-2-4-23(5-3-22)31-18-21(16-28-31)24-8-11-27-17-25(24)32-19-20-6-9-26-10-7-20;/h2-5,8,11,16-18,20,26H,6-7,9-10,12-15,19H2,1H3;1H. The van der Waals surface area contributed by atoms with Crippen molar-refractivity contribution in [2.45, 2.75) is 12.8 Å². The summed E-state index contributed by atoms with van der Waals surface area (Å²) in [7, 11) is 2.18. The molecule has 2 saturated heterocycles. The summed E-state index contributed by atoms with van der Waals surface area (Å²) in [6, 6.07) is 10.7. The molecule has 0 aliphatic carbocycles. The molecule has 3 aromatic rings. The van der Waals surface area contributed by atoms with Gasteiger partial charge < -0.3 is 19.9 Å². The van der Waals surface area contributed by atoms with Crippen molar-refractivity contribution >= 4 is 18.1 Å². The van der Waals surface area contributed by atoms with E-state index in [1.54, 1.807) is 0 Å². The largest absolute Gasteiger partial charge is 0.491 e. The normalized spacial score (nSPS) is 17.5. The second-order valence-corrected chi connectivity index (χ2v) is 8.86. The average molecular weight is 469 g/mol. The number of piperidine rings is 1. The first-order valence-corrected chi connectivity index (χ1v) is 11.6. The van der Waals surface area contributed by atoms with Gasteiger partial charge in [-0.15, -0.1) is 12.4 Å². The fourth-order valence-corrected chi connectivity index (χ4v) is 4.47. The van der Waals surface area contributed by atoms with Gasteiger partial charge in [0.2, 0.25) is 0 Å². The first-order valence-electron chi connectivity index (χ1n) is 11.6. The molecule has 33 heavy (non-hydrogen) atoms. The minimum absolute atomic E-state index is 0. The first kappa shape index (κ1) is 23.5. The fraction of sp³-hybridized carbons (Fsp3) is 0.440. The van der Waals surface area contributed by atoms with Crippen LogP contribution >= 0.6 is 12.4 Å². The monoisotopic (exact) mass is 468 g/mol. The molecule has 2 aromatic heterocycles. The molecule has 0 radical (unpaired) electrons. The zero-order valence-electron chi connectivity index (χ0n) is 19.2. The Balaban J connectivity index is 0.00000259. The third kappa shape index (κ3) is 5.66. The Morgan fingerprint density at radius 2 is 1.70 bits per heavy atom. The molecule has 4 heterocycles. The number of pyridine rings is 1. The summed E-state index contributed by atoms with van der Waals surface area (Å²) in [4.78, 5) is 9.11. The van der Waals surface area contributed by atoms with Gasteiger partial charge in [-0.3, -0.25) is 4.98 Å². The highest BCUT2D eigenvalue weighted by molar-refractivity contribution is 5.85. The molecule has 0 bridgehead atoms. The summed E-state index contributed by atoms with van der Waals surface area (Å²) >= 11 is 0. The van der Waals surface area contributed by atoms with E-state index >= 15 is 0 Å². The van der Waals surface area contributed by atoms with Gasteiger partial charge in [0, 0.05) is 55.4 Å². The smallest absolute Gasteiger partial charge is 0.145 e. The van der Waals surface area contributed by atoms with E-state index in [0.717, 1.165) is 81.3 Å². The number of hydrogen-bond acceptors (Lipinski definition) is 6. The van der Waals surface area contributed by atoms with Gasteiger partial charge in [0.25, 0.3) is 0 Å². The van der Waals surface area contributed by atoms with Crippen LogP contribution in [0.3, 0.4) is 0 Å². The van der Waals surface area contributed by atoms with Crippen molar-refractivity contribution in [1.29, 1.82) is 0 Å². The van der Waals surface area contributed by atoms with E-state index in [9.17, 15) is 0 Å². The number of likely N-dealkylation sites (N-methyl/N-ethyl adjacent to an activating group) is 1. The van der Waals surface area contributed by atoms with Crippen LogP contribution in [0.1, 0.15) is 12.8 Å². The molecule has 2 aliphatic heterocycles. The average Bonchev–Trinajstić information content (AvgIpc) is 3.34. The molecular weight excluding hydrogens is 436 g/mol. The molecule has 176 valence electrons. The van der Waals surface area contributed by atoms with Crippen LogP contribution in [0, 0.1) is 5.92 Å². The molecular formula is C25H33ClN6O. The van der Waals surface area contributed by atoms with E-state index in [1.165, 1.54) is 5.69 Å². The van der Waals surface area contributed by atoms with E-state index in [4.69, 9.17) is 4.74 Å². The predicted octanol–water partition coefficient (Wildman–Crippen LogP) is 3.49. The van der Waals surface area contributed by atoms with Crippen molar-refractivity contribution < 1.29 is 4.74 Å². The maximum atomic E-state index is 6.20. The van der Waals surface area contributed by atoms with Gasteiger partial charge in [-0.05, 0) is 69.2 Å². The Labute approximate surface area is 202 Å². The van der Waals surface area contributed by atoms with Gasteiger partial charge in [-0.2, -0.15) is 5.10 Å². The molecule has 2 fully saturated rings. The molecule has 0 spiro atoms. The van der Waals surface area contributed by atoms with Crippen molar-refractivity contribution in [3.8, 4) is 22.6 Å². The number of nitrogens with one attached hydrogen (secondary N) is 1. The van der Waals surface area contributed by atoms with Gasteiger partial charge in [0.05, 0.1) is 24.7 Å². The topological polar surface area (TPSA) is 58.5 Å². The van der Waals surface area contributed by atoms with E-state index in [-0.39, 0.29) is 12.4 Å². The zero-order chi connectivity index (χ0) is 21.8. The molecule has 1 aromatic carbocycles. The lowest BCUT2D eigenvalue weighted by Crippen LogP contribution is -2.44. The van der Waals surface area contributed by atoms with Crippen LogP contribution in [0.5, 0.6) is 5.75 Å². The van der Waals surface area contributed by atoms with Crippen LogP contribution in [0.25, 0.3) is 16.8 Å². The van der Waals surface area contributed by atoms with Crippen LogP contribution in [0.4, 0.5) is 5.69 Å². The number of rotatable bonds is 6. The van der Waals surface area contributed by atoms with E-state index in [0.29, 0.717) is 5.92 Å². The molecule has 5 rings (SSSR count). The summed E-state index contributed by atoms with van der Waals surface area (Å²) in [6.07, 6.45) is 9.93. The molecule has 0 atom stereocenters. The van der Waals surface area contributed by atoms with Crippen molar-refractivity contribution in [1.82, 2.24) is 25.0 Å². The van der Waals surface area contributed by atoms with Crippen LogP contribution in [0.2, 0.25) is 0 Å². The Hall–Kier alpha value is -2.61. The highest BCUT2D eigenvalue weighted by Crippen LogP contribution is 2.30. The van der Waals surface area contributed by atoms with Crippen LogP contribution in [0.15, 0.2) is 55.1 Å². The minimum atomic E-state index is 0. The van der Waals surface area contributed by atoms with Gasteiger partial charge in [-0.25, -0.2) is 4.68 Å². The Morgan fingerprint density at radius 3 is 2.45 bits per heavy atom.